The van der Waals surface area contributed by atoms with Gasteiger partial charge in [0.2, 0.25) is 0 Å². The number of benzene rings is 1. The van der Waals surface area contributed by atoms with E-state index in [0.717, 1.165) is 12.0 Å². The summed E-state index contributed by atoms with van der Waals surface area (Å²) in [7, 11) is 1.75. The highest BCUT2D eigenvalue weighted by Gasteiger charge is 2.52. The zero-order valence-corrected chi connectivity index (χ0v) is 12.2. The van der Waals surface area contributed by atoms with Gasteiger partial charge in [-0.2, -0.15) is 0 Å². The molecule has 4 atom stereocenters. The van der Waals surface area contributed by atoms with Gasteiger partial charge in [-0.1, -0.05) is 43.6 Å². The van der Waals surface area contributed by atoms with Crippen molar-refractivity contribution >= 4 is 17.4 Å². The number of rotatable bonds is 2. The Bertz CT molecular complexity index is 491. The highest BCUT2D eigenvalue weighted by atomic mass is 35.5. The minimum Gasteiger partial charge on any atom is -0.385 e. The molecule has 0 heterocycles. The Balaban J connectivity index is 2.59. The summed E-state index contributed by atoms with van der Waals surface area (Å²) < 4.78 is 0. The number of hydrogen-bond acceptors (Lipinski definition) is 3. The molecule has 4 heteroatoms. The van der Waals surface area contributed by atoms with Crippen LogP contribution >= 0.6 is 11.6 Å². The fourth-order valence-electron chi connectivity index (χ4n) is 3.28. The first-order valence-electron chi connectivity index (χ1n) is 6.61. The predicted molar refractivity (Wildman–Crippen MR) is 76.1 cm³/mol. The van der Waals surface area contributed by atoms with Crippen molar-refractivity contribution in [2.24, 2.45) is 11.8 Å². The van der Waals surface area contributed by atoms with Crippen molar-refractivity contribution in [2.75, 3.05) is 7.05 Å². The first-order valence-corrected chi connectivity index (χ1v) is 6.99. The van der Waals surface area contributed by atoms with Gasteiger partial charge in [-0.15, -0.1) is 0 Å². The Labute approximate surface area is 119 Å². The molecule has 0 amide bonds. The van der Waals surface area contributed by atoms with E-state index in [0.29, 0.717) is 5.02 Å². The molecule has 0 aliphatic heterocycles. The fraction of sp³-hybridized carbons (Fsp3) is 0.533. The van der Waals surface area contributed by atoms with Gasteiger partial charge in [-0.05, 0) is 36.9 Å². The molecule has 3 nitrogen and oxygen atoms in total. The molecular weight excluding hydrogens is 262 g/mol. The average molecular weight is 282 g/mol. The number of aliphatic hydroxyl groups is 1. The van der Waals surface area contributed by atoms with E-state index in [9.17, 15) is 9.90 Å². The van der Waals surface area contributed by atoms with Crippen LogP contribution in [0.5, 0.6) is 0 Å². The van der Waals surface area contributed by atoms with Gasteiger partial charge < -0.3 is 10.4 Å². The highest BCUT2D eigenvalue weighted by Crippen LogP contribution is 2.43. The Kier molecular flexibility index (Phi) is 4.00. The lowest BCUT2D eigenvalue weighted by molar-refractivity contribution is -0.144. The first kappa shape index (κ1) is 14.5. The van der Waals surface area contributed by atoms with Gasteiger partial charge in [-0.25, -0.2) is 0 Å². The monoisotopic (exact) mass is 281 g/mol. The van der Waals surface area contributed by atoms with E-state index >= 15 is 0 Å². The molecule has 0 bridgehead atoms. The SMILES string of the molecule is CN[C@]1(c2ccccc2Cl)C(=O)[C@H](O)[C@@H](C)C[C@H]1C. The summed E-state index contributed by atoms with van der Waals surface area (Å²) in [6.07, 6.45) is -0.168. The summed E-state index contributed by atoms with van der Waals surface area (Å²) in [6, 6.07) is 7.34. The van der Waals surface area contributed by atoms with E-state index in [1.807, 2.05) is 32.0 Å². The normalized spacial score (nSPS) is 35.4. The predicted octanol–water partition coefficient (Wildman–Crippen LogP) is 2.36. The molecule has 1 aliphatic rings. The van der Waals surface area contributed by atoms with Gasteiger partial charge in [0.05, 0.1) is 0 Å². The largest absolute Gasteiger partial charge is 0.385 e. The van der Waals surface area contributed by atoms with Crippen molar-refractivity contribution in [2.45, 2.75) is 31.9 Å². The maximum Gasteiger partial charge on any atom is 0.186 e. The van der Waals surface area contributed by atoms with E-state index in [-0.39, 0.29) is 17.6 Å². The second kappa shape index (κ2) is 5.23. The van der Waals surface area contributed by atoms with Crippen LogP contribution in [0.15, 0.2) is 24.3 Å². The smallest absolute Gasteiger partial charge is 0.186 e. The molecule has 1 aromatic rings. The van der Waals surface area contributed by atoms with Crippen LogP contribution < -0.4 is 5.32 Å². The number of carbonyl (C=O) groups is 1. The third-order valence-electron chi connectivity index (χ3n) is 4.35. The van der Waals surface area contributed by atoms with Crippen LogP contribution in [0.25, 0.3) is 0 Å². The summed E-state index contributed by atoms with van der Waals surface area (Å²) in [6.45, 7) is 3.94. The molecule has 0 aromatic heterocycles. The van der Waals surface area contributed by atoms with Crippen molar-refractivity contribution in [1.29, 1.82) is 0 Å². The second-order valence-corrected chi connectivity index (χ2v) is 5.87. The van der Waals surface area contributed by atoms with Crippen LogP contribution in [-0.2, 0) is 10.3 Å². The minimum absolute atomic E-state index is 0.0218. The molecule has 2 N–H and O–H groups in total. The number of likely N-dealkylation sites (N-methyl/N-ethyl adjacent to an activating group) is 1. The van der Waals surface area contributed by atoms with Crippen LogP contribution in [0.2, 0.25) is 5.02 Å². The van der Waals surface area contributed by atoms with E-state index < -0.39 is 11.6 Å². The average Bonchev–Trinajstić information content (AvgIpc) is 2.39. The highest BCUT2D eigenvalue weighted by molar-refractivity contribution is 6.31. The molecule has 0 radical (unpaired) electrons. The molecule has 1 aromatic carbocycles. The van der Waals surface area contributed by atoms with E-state index in [1.54, 1.807) is 13.1 Å². The van der Waals surface area contributed by atoms with Crippen LogP contribution in [0.3, 0.4) is 0 Å². The molecule has 1 saturated carbocycles. The lowest BCUT2D eigenvalue weighted by atomic mass is 9.64. The van der Waals surface area contributed by atoms with Crippen molar-refractivity contribution in [3.63, 3.8) is 0 Å². The molecule has 2 rings (SSSR count). The Morgan fingerprint density at radius 1 is 1.37 bits per heavy atom. The quantitative estimate of drug-likeness (QED) is 0.875. The van der Waals surface area contributed by atoms with Crippen molar-refractivity contribution in [3.05, 3.63) is 34.9 Å². The van der Waals surface area contributed by atoms with Gasteiger partial charge in [0.25, 0.3) is 0 Å². The van der Waals surface area contributed by atoms with Crippen LogP contribution in [0.1, 0.15) is 25.8 Å². The Morgan fingerprint density at radius 3 is 2.58 bits per heavy atom. The second-order valence-electron chi connectivity index (χ2n) is 5.46. The number of Topliss-reactive ketones (excluding diaryl/α,β-unsaturated/α-hetero) is 1. The lowest BCUT2D eigenvalue weighted by Crippen LogP contribution is -2.61. The Hall–Kier alpha value is -0.900. The van der Waals surface area contributed by atoms with E-state index in [4.69, 9.17) is 11.6 Å². The summed E-state index contributed by atoms with van der Waals surface area (Å²) in [4.78, 5) is 12.7. The summed E-state index contributed by atoms with van der Waals surface area (Å²) >= 11 is 6.27. The molecular formula is C15H20ClNO2. The van der Waals surface area contributed by atoms with Crippen molar-refractivity contribution in [1.82, 2.24) is 5.32 Å². The molecule has 104 valence electrons. The maximum absolute atomic E-state index is 12.7. The molecule has 1 fully saturated rings. The summed E-state index contributed by atoms with van der Waals surface area (Å²) in [5, 5.41) is 13.8. The zero-order chi connectivity index (χ0) is 14.2. The molecule has 0 saturated heterocycles. The number of aliphatic hydroxyl groups excluding tert-OH is 1. The number of nitrogens with one attached hydrogen (secondary N) is 1. The van der Waals surface area contributed by atoms with Crippen LogP contribution in [-0.4, -0.2) is 24.0 Å². The summed E-state index contributed by atoms with van der Waals surface area (Å²) in [5.41, 5.74) is -0.146. The topological polar surface area (TPSA) is 49.3 Å². The van der Waals surface area contributed by atoms with E-state index in [1.165, 1.54) is 0 Å². The third-order valence-corrected chi connectivity index (χ3v) is 4.68. The van der Waals surface area contributed by atoms with Gasteiger partial charge >= 0.3 is 0 Å². The number of carbonyl (C=O) groups excluding carboxylic acids is 1. The van der Waals surface area contributed by atoms with Crippen molar-refractivity contribution in [3.8, 4) is 0 Å². The lowest BCUT2D eigenvalue weighted by Gasteiger charge is -2.45. The Morgan fingerprint density at radius 2 is 2.00 bits per heavy atom. The van der Waals surface area contributed by atoms with Gasteiger partial charge in [-0.3, -0.25) is 4.79 Å². The fourth-order valence-corrected chi connectivity index (χ4v) is 3.57. The van der Waals surface area contributed by atoms with Crippen molar-refractivity contribution < 1.29 is 9.90 Å². The van der Waals surface area contributed by atoms with Gasteiger partial charge in [0, 0.05) is 5.02 Å². The minimum atomic E-state index is -0.945. The molecule has 0 spiro atoms. The summed E-state index contributed by atoms with van der Waals surface area (Å²) in [5.74, 6) is -0.135. The van der Waals surface area contributed by atoms with Gasteiger partial charge in [0.1, 0.15) is 11.6 Å². The number of halogens is 1. The zero-order valence-electron chi connectivity index (χ0n) is 11.5. The first-order chi connectivity index (χ1) is 8.95. The molecule has 1 aliphatic carbocycles. The standard InChI is InChI=1S/C15H20ClNO2/c1-9-8-10(2)15(17-3,14(19)13(9)18)11-6-4-5-7-12(11)16/h4-7,9-10,13,17-18H,8H2,1-3H3/t9-,10+,13+,15+/m0/s1. The van der Waals surface area contributed by atoms with Crippen LogP contribution in [0.4, 0.5) is 0 Å². The van der Waals surface area contributed by atoms with Gasteiger partial charge in [0.15, 0.2) is 5.78 Å². The molecule has 19 heavy (non-hydrogen) atoms. The number of hydrogen-bond donors (Lipinski definition) is 2. The maximum atomic E-state index is 12.7. The van der Waals surface area contributed by atoms with Crippen LogP contribution in [0, 0.1) is 11.8 Å². The number of ketones is 1. The molecule has 0 unspecified atom stereocenters. The third kappa shape index (κ3) is 2.10. The van der Waals surface area contributed by atoms with E-state index in [2.05, 4.69) is 5.32 Å².